The second kappa shape index (κ2) is 8.61. The number of aromatic nitrogens is 3. The molecule has 0 radical (unpaired) electrons. The van der Waals surface area contributed by atoms with Gasteiger partial charge in [-0.25, -0.2) is 4.98 Å². The van der Waals surface area contributed by atoms with Gasteiger partial charge in [-0.1, -0.05) is 13.8 Å². The molecule has 0 saturated heterocycles. The van der Waals surface area contributed by atoms with Crippen LogP contribution >= 0.6 is 0 Å². The van der Waals surface area contributed by atoms with Crippen molar-refractivity contribution in [2.24, 2.45) is 7.05 Å². The van der Waals surface area contributed by atoms with E-state index >= 15 is 0 Å². The standard InChI is InChI=1S/C22H28N4O4/c1-12(2)16-10-15(19-13(3)25-26(4)21(19)24-16)22(27)23-11-14-8-17(28-5)20(30-7)18(9-14)29-6/h8-10,12H,11H2,1-7H3,(H,23,27). The van der Waals surface area contributed by atoms with Crippen LogP contribution in [0.3, 0.4) is 0 Å². The highest BCUT2D eigenvalue weighted by molar-refractivity contribution is 6.06. The highest BCUT2D eigenvalue weighted by atomic mass is 16.5. The number of fused-ring (bicyclic) bond motifs is 1. The molecule has 3 rings (SSSR count). The normalized spacial score (nSPS) is 11.1. The summed E-state index contributed by atoms with van der Waals surface area (Å²) in [7, 11) is 6.51. The van der Waals surface area contributed by atoms with E-state index in [9.17, 15) is 4.79 Å². The van der Waals surface area contributed by atoms with Gasteiger partial charge in [-0.3, -0.25) is 9.48 Å². The van der Waals surface area contributed by atoms with Crippen molar-refractivity contribution in [3.05, 3.63) is 40.7 Å². The van der Waals surface area contributed by atoms with Crippen LogP contribution in [0.25, 0.3) is 11.0 Å². The first-order chi connectivity index (χ1) is 14.3. The summed E-state index contributed by atoms with van der Waals surface area (Å²) in [6, 6.07) is 5.49. The molecule has 0 unspecified atom stereocenters. The molecule has 0 aliphatic heterocycles. The fourth-order valence-electron chi connectivity index (χ4n) is 3.45. The van der Waals surface area contributed by atoms with Gasteiger partial charge in [0.05, 0.1) is 38.0 Å². The molecule has 8 nitrogen and oxygen atoms in total. The van der Waals surface area contributed by atoms with Crippen molar-refractivity contribution in [2.45, 2.75) is 33.2 Å². The van der Waals surface area contributed by atoms with Gasteiger partial charge in [-0.2, -0.15) is 5.10 Å². The Morgan fingerprint density at radius 2 is 1.73 bits per heavy atom. The van der Waals surface area contributed by atoms with Crippen LogP contribution in [0.2, 0.25) is 0 Å². The Balaban J connectivity index is 1.95. The number of pyridine rings is 1. The molecule has 1 amide bonds. The first kappa shape index (κ1) is 21.4. The third-order valence-electron chi connectivity index (χ3n) is 5.00. The minimum Gasteiger partial charge on any atom is -0.493 e. The summed E-state index contributed by atoms with van der Waals surface area (Å²) in [4.78, 5) is 17.8. The SMILES string of the molecule is COc1cc(CNC(=O)c2cc(C(C)C)nc3c2c(C)nn3C)cc(OC)c1OC. The lowest BCUT2D eigenvalue weighted by atomic mass is 10.0. The monoisotopic (exact) mass is 412 g/mol. The van der Waals surface area contributed by atoms with E-state index in [2.05, 4.69) is 24.3 Å². The first-order valence-electron chi connectivity index (χ1n) is 9.72. The molecule has 2 aromatic heterocycles. The number of benzene rings is 1. The van der Waals surface area contributed by atoms with Crippen LogP contribution in [0.5, 0.6) is 17.2 Å². The summed E-state index contributed by atoms with van der Waals surface area (Å²) < 4.78 is 17.9. The number of methoxy groups -OCH3 is 3. The van der Waals surface area contributed by atoms with Gasteiger partial charge in [0.1, 0.15) is 0 Å². The number of aryl methyl sites for hydroxylation is 2. The topological polar surface area (TPSA) is 87.5 Å². The van der Waals surface area contributed by atoms with Crippen LogP contribution in [0, 0.1) is 6.92 Å². The predicted molar refractivity (Wildman–Crippen MR) is 115 cm³/mol. The van der Waals surface area contributed by atoms with E-state index in [0.717, 1.165) is 22.3 Å². The molecule has 30 heavy (non-hydrogen) atoms. The highest BCUT2D eigenvalue weighted by Gasteiger charge is 2.20. The number of carbonyl (C=O) groups excluding carboxylic acids is 1. The number of carbonyl (C=O) groups is 1. The Morgan fingerprint density at radius 1 is 1.10 bits per heavy atom. The van der Waals surface area contributed by atoms with Crippen LogP contribution < -0.4 is 19.5 Å². The molecular formula is C22H28N4O4. The minimum absolute atomic E-state index is 0.186. The van der Waals surface area contributed by atoms with Crippen molar-refractivity contribution >= 4 is 16.9 Å². The largest absolute Gasteiger partial charge is 0.493 e. The lowest BCUT2D eigenvalue weighted by Crippen LogP contribution is -2.23. The maximum Gasteiger partial charge on any atom is 0.252 e. The highest BCUT2D eigenvalue weighted by Crippen LogP contribution is 2.38. The van der Waals surface area contributed by atoms with Crippen molar-refractivity contribution < 1.29 is 19.0 Å². The third kappa shape index (κ3) is 3.90. The van der Waals surface area contributed by atoms with Crippen molar-refractivity contribution in [3.8, 4) is 17.2 Å². The molecule has 0 atom stereocenters. The maximum atomic E-state index is 13.1. The number of ether oxygens (including phenoxy) is 3. The molecule has 0 aliphatic rings. The molecular weight excluding hydrogens is 384 g/mol. The number of rotatable bonds is 7. The van der Waals surface area contributed by atoms with Gasteiger partial charge in [0.25, 0.3) is 5.91 Å². The van der Waals surface area contributed by atoms with Crippen LogP contribution in [-0.4, -0.2) is 42.0 Å². The van der Waals surface area contributed by atoms with Crippen molar-refractivity contribution in [2.75, 3.05) is 21.3 Å². The van der Waals surface area contributed by atoms with E-state index < -0.39 is 0 Å². The van der Waals surface area contributed by atoms with Gasteiger partial charge in [-0.05, 0) is 36.6 Å². The Kier molecular flexibility index (Phi) is 6.14. The molecule has 0 fully saturated rings. The number of hydrogen-bond acceptors (Lipinski definition) is 6. The minimum atomic E-state index is -0.186. The number of nitrogens with one attached hydrogen (secondary N) is 1. The van der Waals surface area contributed by atoms with Gasteiger partial charge in [0.15, 0.2) is 17.1 Å². The second-order valence-electron chi connectivity index (χ2n) is 7.37. The summed E-state index contributed by atoms with van der Waals surface area (Å²) in [5.74, 6) is 1.59. The van der Waals surface area contributed by atoms with Crippen LogP contribution in [0.4, 0.5) is 0 Å². The van der Waals surface area contributed by atoms with E-state index in [1.165, 1.54) is 0 Å². The van der Waals surface area contributed by atoms with E-state index in [1.807, 2.05) is 32.2 Å². The van der Waals surface area contributed by atoms with Crippen molar-refractivity contribution in [3.63, 3.8) is 0 Å². The van der Waals surface area contributed by atoms with E-state index in [1.54, 1.807) is 26.0 Å². The molecule has 0 aliphatic carbocycles. The Hall–Kier alpha value is -3.29. The summed E-state index contributed by atoms with van der Waals surface area (Å²) >= 11 is 0. The summed E-state index contributed by atoms with van der Waals surface area (Å²) in [5.41, 5.74) is 3.73. The lowest BCUT2D eigenvalue weighted by molar-refractivity contribution is 0.0952. The molecule has 0 saturated carbocycles. The third-order valence-corrected chi connectivity index (χ3v) is 5.00. The predicted octanol–water partition coefficient (Wildman–Crippen LogP) is 3.36. The van der Waals surface area contributed by atoms with E-state index in [0.29, 0.717) is 35.0 Å². The van der Waals surface area contributed by atoms with Gasteiger partial charge in [-0.15, -0.1) is 0 Å². The quantitative estimate of drug-likeness (QED) is 0.640. The average Bonchev–Trinajstić information content (AvgIpc) is 3.03. The lowest BCUT2D eigenvalue weighted by Gasteiger charge is -2.15. The Bertz CT molecular complexity index is 1060. The first-order valence-corrected chi connectivity index (χ1v) is 9.72. The molecule has 1 N–H and O–H groups in total. The second-order valence-corrected chi connectivity index (χ2v) is 7.37. The van der Waals surface area contributed by atoms with E-state index in [4.69, 9.17) is 19.2 Å². The maximum absolute atomic E-state index is 13.1. The fraction of sp³-hybridized carbons (Fsp3) is 0.409. The zero-order valence-corrected chi connectivity index (χ0v) is 18.5. The fourth-order valence-corrected chi connectivity index (χ4v) is 3.45. The number of amides is 1. The molecule has 160 valence electrons. The number of hydrogen-bond donors (Lipinski definition) is 1. The molecule has 0 bridgehead atoms. The smallest absolute Gasteiger partial charge is 0.252 e. The van der Waals surface area contributed by atoms with Gasteiger partial charge >= 0.3 is 0 Å². The molecule has 2 heterocycles. The van der Waals surface area contributed by atoms with Crippen LogP contribution in [0.15, 0.2) is 18.2 Å². The zero-order valence-electron chi connectivity index (χ0n) is 18.5. The summed E-state index contributed by atoms with van der Waals surface area (Å²) in [6.45, 7) is 6.29. The summed E-state index contributed by atoms with van der Waals surface area (Å²) in [5, 5.41) is 8.21. The average molecular weight is 412 g/mol. The van der Waals surface area contributed by atoms with Crippen molar-refractivity contribution in [1.29, 1.82) is 0 Å². The van der Waals surface area contributed by atoms with Gasteiger partial charge in [0, 0.05) is 19.3 Å². The summed E-state index contributed by atoms with van der Waals surface area (Å²) in [6.07, 6.45) is 0. The molecule has 3 aromatic rings. The molecule has 8 heteroatoms. The Labute approximate surface area is 176 Å². The number of nitrogens with zero attached hydrogens (tertiary/aromatic N) is 3. The van der Waals surface area contributed by atoms with Gasteiger partial charge < -0.3 is 19.5 Å². The molecule has 1 aromatic carbocycles. The van der Waals surface area contributed by atoms with Crippen LogP contribution in [-0.2, 0) is 13.6 Å². The Morgan fingerprint density at radius 3 is 2.27 bits per heavy atom. The van der Waals surface area contributed by atoms with E-state index in [-0.39, 0.29) is 11.8 Å². The van der Waals surface area contributed by atoms with Crippen LogP contribution in [0.1, 0.15) is 47.1 Å². The van der Waals surface area contributed by atoms with Gasteiger partial charge in [0.2, 0.25) is 5.75 Å². The zero-order chi connectivity index (χ0) is 22.0. The van der Waals surface area contributed by atoms with Crippen molar-refractivity contribution in [1.82, 2.24) is 20.1 Å². The molecule has 0 spiro atoms.